The molecule has 0 saturated heterocycles. The summed E-state index contributed by atoms with van der Waals surface area (Å²) >= 11 is 1.22. The highest BCUT2D eigenvalue weighted by molar-refractivity contribution is 8.03. The molecule has 0 aliphatic carbocycles. The normalized spacial score (nSPS) is 18.7. The zero-order valence-corrected chi connectivity index (χ0v) is 9.70. The summed E-state index contributed by atoms with van der Waals surface area (Å²) in [6.45, 7) is 8.21. The van der Waals surface area contributed by atoms with Crippen LogP contribution < -0.4 is 0 Å². The Bertz CT molecular complexity index is 254. The van der Waals surface area contributed by atoms with E-state index in [1.54, 1.807) is 0 Å². The number of nitrogens with zero attached hydrogens (tertiary/aromatic N) is 2. The highest BCUT2D eigenvalue weighted by Gasteiger charge is 2.18. The molecule has 0 atom stereocenters. The van der Waals surface area contributed by atoms with Gasteiger partial charge in [-0.2, -0.15) is 0 Å². The van der Waals surface area contributed by atoms with Crippen LogP contribution in [0.25, 0.3) is 0 Å². The van der Waals surface area contributed by atoms with Crippen molar-refractivity contribution >= 4 is 18.5 Å². The summed E-state index contributed by atoms with van der Waals surface area (Å²) in [4.78, 5) is 7.14. The first kappa shape index (κ1) is 12.6. The molecule has 0 aromatic carbocycles. The van der Waals surface area contributed by atoms with E-state index < -0.39 is 6.43 Å². The first-order valence-corrected chi connectivity index (χ1v) is 5.98. The van der Waals surface area contributed by atoms with Crippen LogP contribution in [-0.4, -0.2) is 43.4 Å². The first-order chi connectivity index (χ1) is 7.17. The molecule has 0 bridgehead atoms. The molecule has 1 aliphatic heterocycles. The van der Waals surface area contributed by atoms with E-state index >= 15 is 0 Å². The lowest BCUT2D eigenvalue weighted by molar-refractivity contribution is 0.177. The summed E-state index contributed by atoms with van der Waals surface area (Å²) in [5.74, 6) is -0.138. The standard InChI is InChI=1S/C10H16F2N2S/c1-3-14-5-4-9(8(6-14)13-2)15-7-10(11)12/h10H,2-7H2,1H3. The van der Waals surface area contributed by atoms with Crippen molar-refractivity contribution in [3.05, 3.63) is 10.6 Å². The van der Waals surface area contributed by atoms with Crippen LogP contribution in [0.3, 0.4) is 0 Å². The summed E-state index contributed by atoms with van der Waals surface area (Å²) in [6.07, 6.45) is -1.43. The molecule has 86 valence electrons. The van der Waals surface area contributed by atoms with Gasteiger partial charge >= 0.3 is 0 Å². The molecule has 1 heterocycles. The average molecular weight is 234 g/mol. The van der Waals surface area contributed by atoms with Crippen LogP contribution in [-0.2, 0) is 0 Å². The molecule has 0 N–H and O–H groups in total. The zero-order valence-electron chi connectivity index (χ0n) is 8.88. The van der Waals surface area contributed by atoms with Crippen LogP contribution >= 0.6 is 11.8 Å². The first-order valence-electron chi connectivity index (χ1n) is 4.99. The second kappa shape index (κ2) is 6.23. The van der Waals surface area contributed by atoms with E-state index in [1.807, 2.05) is 0 Å². The monoisotopic (exact) mass is 234 g/mol. The van der Waals surface area contributed by atoms with Gasteiger partial charge in [0.25, 0.3) is 0 Å². The van der Waals surface area contributed by atoms with Gasteiger partial charge < -0.3 is 0 Å². The summed E-state index contributed by atoms with van der Waals surface area (Å²) in [7, 11) is 0. The maximum Gasteiger partial charge on any atom is 0.247 e. The molecule has 0 fully saturated rings. The molecule has 0 amide bonds. The van der Waals surface area contributed by atoms with Gasteiger partial charge in [0.1, 0.15) is 0 Å². The van der Waals surface area contributed by atoms with Crippen LogP contribution in [0.15, 0.2) is 15.6 Å². The maximum absolute atomic E-state index is 12.1. The Hall–Kier alpha value is -0.420. The number of likely N-dealkylation sites (N-methyl/N-ethyl adjacent to an activating group) is 1. The third-order valence-corrected chi connectivity index (χ3v) is 3.58. The Morgan fingerprint density at radius 1 is 1.60 bits per heavy atom. The minimum atomic E-state index is -2.25. The number of hydrogen-bond donors (Lipinski definition) is 0. The Kier molecular flexibility index (Phi) is 5.25. The van der Waals surface area contributed by atoms with E-state index in [1.165, 1.54) is 11.8 Å². The van der Waals surface area contributed by atoms with Crippen molar-refractivity contribution in [2.75, 3.05) is 25.4 Å². The molecular formula is C10H16F2N2S. The van der Waals surface area contributed by atoms with Crippen LogP contribution in [0, 0.1) is 0 Å². The number of thioether (sulfide) groups is 1. The second-order valence-corrected chi connectivity index (χ2v) is 4.46. The fraction of sp³-hybridized carbons (Fsp3) is 0.700. The van der Waals surface area contributed by atoms with Crippen molar-refractivity contribution < 1.29 is 8.78 Å². The predicted molar refractivity (Wildman–Crippen MR) is 61.8 cm³/mol. The van der Waals surface area contributed by atoms with Gasteiger partial charge in [0, 0.05) is 18.0 Å². The summed E-state index contributed by atoms with van der Waals surface area (Å²) in [5.41, 5.74) is 0.869. The smallest absolute Gasteiger partial charge is 0.247 e. The van der Waals surface area contributed by atoms with Gasteiger partial charge in [-0.25, -0.2) is 8.78 Å². The molecule has 0 unspecified atom stereocenters. The Morgan fingerprint density at radius 2 is 2.33 bits per heavy atom. The molecule has 1 rings (SSSR count). The number of rotatable bonds is 5. The van der Waals surface area contributed by atoms with Crippen LogP contribution in [0.5, 0.6) is 0 Å². The fourth-order valence-corrected chi connectivity index (χ4v) is 2.37. The Balaban J connectivity index is 2.59. The molecular weight excluding hydrogens is 218 g/mol. The third kappa shape index (κ3) is 3.91. The molecule has 2 nitrogen and oxygen atoms in total. The van der Waals surface area contributed by atoms with E-state index in [0.717, 1.165) is 36.7 Å². The molecule has 1 aliphatic rings. The summed E-state index contributed by atoms with van der Waals surface area (Å²) in [6, 6.07) is 0. The van der Waals surface area contributed by atoms with Crippen molar-refractivity contribution in [3.8, 4) is 0 Å². The Labute approximate surface area is 93.4 Å². The summed E-state index contributed by atoms with van der Waals surface area (Å²) < 4.78 is 24.1. The molecule has 0 aromatic heterocycles. The van der Waals surface area contributed by atoms with Crippen LogP contribution in [0.4, 0.5) is 8.78 Å². The number of halogens is 2. The summed E-state index contributed by atoms with van der Waals surface area (Å²) in [5, 5.41) is 0. The van der Waals surface area contributed by atoms with E-state index in [-0.39, 0.29) is 5.75 Å². The molecule has 15 heavy (non-hydrogen) atoms. The van der Waals surface area contributed by atoms with Gasteiger partial charge in [0.15, 0.2) is 0 Å². The lowest BCUT2D eigenvalue weighted by atomic mass is 10.2. The largest absolute Gasteiger partial charge is 0.297 e. The van der Waals surface area contributed by atoms with Gasteiger partial charge in [-0.3, -0.25) is 9.89 Å². The number of hydrogen-bond acceptors (Lipinski definition) is 3. The van der Waals surface area contributed by atoms with Crippen LogP contribution in [0.1, 0.15) is 13.3 Å². The topological polar surface area (TPSA) is 15.6 Å². The lowest BCUT2D eigenvalue weighted by Crippen LogP contribution is -2.30. The molecule has 0 aromatic rings. The quantitative estimate of drug-likeness (QED) is 0.680. The van der Waals surface area contributed by atoms with Gasteiger partial charge in [-0.1, -0.05) is 6.92 Å². The van der Waals surface area contributed by atoms with Crippen molar-refractivity contribution in [3.63, 3.8) is 0 Å². The molecule has 0 saturated carbocycles. The highest BCUT2D eigenvalue weighted by atomic mass is 32.2. The van der Waals surface area contributed by atoms with Gasteiger partial charge in [-0.05, 0) is 19.7 Å². The SMILES string of the molecule is C=NC1=C(SCC(F)F)CCN(CC)C1. The third-order valence-electron chi connectivity index (χ3n) is 2.37. The minimum Gasteiger partial charge on any atom is -0.297 e. The van der Waals surface area contributed by atoms with Crippen molar-refractivity contribution in [2.45, 2.75) is 19.8 Å². The Morgan fingerprint density at radius 3 is 2.87 bits per heavy atom. The van der Waals surface area contributed by atoms with Crippen molar-refractivity contribution in [2.24, 2.45) is 4.99 Å². The fourth-order valence-electron chi connectivity index (χ4n) is 1.51. The van der Waals surface area contributed by atoms with E-state index in [0.29, 0.717) is 0 Å². The second-order valence-electron chi connectivity index (χ2n) is 3.35. The molecule has 0 spiro atoms. The van der Waals surface area contributed by atoms with Gasteiger partial charge in [0.05, 0.1) is 11.4 Å². The predicted octanol–water partition coefficient (Wildman–Crippen LogP) is 2.62. The average Bonchev–Trinajstić information content (AvgIpc) is 2.25. The molecule has 0 radical (unpaired) electrons. The maximum atomic E-state index is 12.1. The number of aliphatic imine (C=N–C) groups is 1. The zero-order chi connectivity index (χ0) is 11.3. The van der Waals surface area contributed by atoms with E-state index in [2.05, 4.69) is 23.5 Å². The van der Waals surface area contributed by atoms with Gasteiger partial charge in [-0.15, -0.1) is 11.8 Å². The minimum absolute atomic E-state index is 0.138. The highest BCUT2D eigenvalue weighted by Crippen LogP contribution is 2.29. The molecule has 5 heteroatoms. The van der Waals surface area contributed by atoms with E-state index in [9.17, 15) is 8.78 Å². The lowest BCUT2D eigenvalue weighted by Gasteiger charge is -2.27. The van der Waals surface area contributed by atoms with Crippen molar-refractivity contribution in [1.82, 2.24) is 4.90 Å². The number of alkyl halides is 2. The van der Waals surface area contributed by atoms with Crippen molar-refractivity contribution in [1.29, 1.82) is 0 Å². The van der Waals surface area contributed by atoms with Gasteiger partial charge in [0.2, 0.25) is 6.43 Å². The van der Waals surface area contributed by atoms with E-state index in [4.69, 9.17) is 0 Å². The van der Waals surface area contributed by atoms with Crippen LogP contribution in [0.2, 0.25) is 0 Å².